The zero-order valence-corrected chi connectivity index (χ0v) is 13.4. The Labute approximate surface area is 133 Å². The summed E-state index contributed by atoms with van der Waals surface area (Å²) in [6.07, 6.45) is 0.738. The van der Waals surface area contributed by atoms with E-state index >= 15 is 0 Å². The number of anilines is 2. The molecule has 1 aromatic heterocycles. The Hall–Kier alpha value is -1.73. The van der Waals surface area contributed by atoms with Crippen molar-refractivity contribution < 1.29 is 9.13 Å². The topological polar surface area (TPSA) is 41.5 Å². The van der Waals surface area contributed by atoms with Crippen molar-refractivity contribution in [3.8, 4) is 0 Å². The van der Waals surface area contributed by atoms with Gasteiger partial charge < -0.3 is 14.5 Å². The number of hydrogen-bond donors (Lipinski definition) is 0. The second kappa shape index (κ2) is 7.02. The minimum Gasteiger partial charge on any atom is -0.384 e. The zero-order valence-electron chi connectivity index (χ0n) is 12.5. The fourth-order valence-corrected chi connectivity index (χ4v) is 3.28. The van der Waals surface area contributed by atoms with Gasteiger partial charge in [0.2, 0.25) is 5.13 Å². The van der Waals surface area contributed by atoms with Gasteiger partial charge in [0.25, 0.3) is 0 Å². The third-order valence-electron chi connectivity index (χ3n) is 3.73. The summed E-state index contributed by atoms with van der Waals surface area (Å²) < 4.78 is 23.2. The van der Waals surface area contributed by atoms with Crippen LogP contribution >= 0.6 is 11.5 Å². The van der Waals surface area contributed by atoms with Crippen LogP contribution in [0.2, 0.25) is 0 Å². The maximum atomic E-state index is 13.8. The molecule has 1 fully saturated rings. The molecule has 1 aliphatic heterocycles. The van der Waals surface area contributed by atoms with E-state index in [4.69, 9.17) is 4.74 Å². The summed E-state index contributed by atoms with van der Waals surface area (Å²) in [6.45, 7) is 3.86. The number of nitrogens with zero attached hydrogens (tertiary/aromatic N) is 4. The fourth-order valence-electron chi connectivity index (χ4n) is 2.51. The summed E-state index contributed by atoms with van der Waals surface area (Å²) in [5.74, 6) is 0.673. The summed E-state index contributed by atoms with van der Waals surface area (Å²) in [5.41, 5.74) is 0.681. The van der Waals surface area contributed by atoms with Crippen LogP contribution in [0.5, 0.6) is 0 Å². The van der Waals surface area contributed by atoms with Crippen molar-refractivity contribution in [2.45, 2.75) is 6.42 Å². The summed E-state index contributed by atoms with van der Waals surface area (Å²) in [4.78, 5) is 8.84. The second-order valence-corrected chi connectivity index (χ2v) is 5.89. The highest BCUT2D eigenvalue weighted by Crippen LogP contribution is 2.23. The molecule has 2 aromatic rings. The Balaban J connectivity index is 1.60. The number of rotatable bonds is 5. The first-order chi connectivity index (χ1) is 10.8. The van der Waals surface area contributed by atoms with Crippen LogP contribution in [-0.4, -0.2) is 49.3 Å². The van der Waals surface area contributed by atoms with Crippen LogP contribution in [0.15, 0.2) is 24.3 Å². The third kappa shape index (κ3) is 3.36. The highest BCUT2D eigenvalue weighted by Gasteiger charge is 2.21. The molecule has 0 saturated carbocycles. The molecule has 0 amide bonds. The van der Waals surface area contributed by atoms with Crippen molar-refractivity contribution in [3.63, 3.8) is 0 Å². The number of methoxy groups -OCH3 is 1. The number of piperazine rings is 1. The van der Waals surface area contributed by atoms with Gasteiger partial charge in [-0.05, 0) is 12.1 Å². The van der Waals surface area contributed by atoms with Crippen LogP contribution in [-0.2, 0) is 11.2 Å². The summed E-state index contributed by atoms with van der Waals surface area (Å²) >= 11 is 1.42. The van der Waals surface area contributed by atoms with Crippen molar-refractivity contribution in [2.75, 3.05) is 49.7 Å². The van der Waals surface area contributed by atoms with Crippen LogP contribution in [0.3, 0.4) is 0 Å². The molecule has 1 saturated heterocycles. The molecule has 1 aromatic carbocycles. The molecule has 2 heterocycles. The Morgan fingerprint density at radius 3 is 2.64 bits per heavy atom. The first-order valence-corrected chi connectivity index (χ1v) is 8.11. The van der Waals surface area contributed by atoms with Crippen molar-refractivity contribution >= 4 is 22.4 Å². The Kier molecular flexibility index (Phi) is 4.84. The molecule has 7 heteroatoms. The van der Waals surface area contributed by atoms with E-state index in [1.807, 2.05) is 12.1 Å². The lowest BCUT2D eigenvalue weighted by Gasteiger charge is -2.35. The second-order valence-electron chi connectivity index (χ2n) is 5.16. The molecule has 0 atom stereocenters. The van der Waals surface area contributed by atoms with E-state index in [1.165, 1.54) is 17.6 Å². The van der Waals surface area contributed by atoms with Crippen molar-refractivity contribution in [2.24, 2.45) is 0 Å². The molecule has 5 nitrogen and oxygen atoms in total. The van der Waals surface area contributed by atoms with E-state index in [0.29, 0.717) is 12.3 Å². The van der Waals surface area contributed by atoms with Crippen LogP contribution < -0.4 is 9.80 Å². The SMILES string of the molecule is COCCc1nsc(N2CCN(c3ccccc3F)CC2)n1. The van der Waals surface area contributed by atoms with Crippen LogP contribution in [0.25, 0.3) is 0 Å². The monoisotopic (exact) mass is 322 g/mol. The summed E-state index contributed by atoms with van der Waals surface area (Å²) in [6, 6.07) is 6.93. The number of ether oxygens (including phenoxy) is 1. The predicted octanol–water partition coefficient (Wildman–Crippen LogP) is 2.19. The molecule has 0 unspecified atom stereocenters. The maximum absolute atomic E-state index is 13.8. The smallest absolute Gasteiger partial charge is 0.205 e. The highest BCUT2D eigenvalue weighted by atomic mass is 32.1. The molecule has 0 aliphatic carbocycles. The van der Waals surface area contributed by atoms with E-state index < -0.39 is 0 Å². The van der Waals surface area contributed by atoms with Gasteiger partial charge in [0.1, 0.15) is 11.6 Å². The standard InChI is InChI=1S/C15H19FN4OS/c1-21-11-6-14-17-15(22-18-14)20-9-7-19(8-10-20)13-5-3-2-4-12(13)16/h2-5H,6-11H2,1H3. The lowest BCUT2D eigenvalue weighted by molar-refractivity contribution is 0.201. The molecular weight excluding hydrogens is 303 g/mol. The number of aromatic nitrogens is 2. The molecular formula is C15H19FN4OS. The van der Waals surface area contributed by atoms with Gasteiger partial charge in [-0.25, -0.2) is 9.37 Å². The van der Waals surface area contributed by atoms with E-state index in [-0.39, 0.29) is 5.82 Å². The van der Waals surface area contributed by atoms with E-state index in [0.717, 1.165) is 43.6 Å². The maximum Gasteiger partial charge on any atom is 0.205 e. The molecule has 0 N–H and O–H groups in total. The Bertz CT molecular complexity index is 613. The third-order valence-corrected chi connectivity index (χ3v) is 4.55. The van der Waals surface area contributed by atoms with Crippen molar-refractivity contribution in [1.29, 1.82) is 0 Å². The van der Waals surface area contributed by atoms with E-state index in [9.17, 15) is 4.39 Å². The number of halogens is 1. The fraction of sp³-hybridized carbons (Fsp3) is 0.467. The quantitative estimate of drug-likeness (QED) is 0.844. The van der Waals surface area contributed by atoms with Crippen LogP contribution in [0.1, 0.15) is 5.82 Å². The van der Waals surface area contributed by atoms with Crippen LogP contribution in [0, 0.1) is 5.82 Å². The van der Waals surface area contributed by atoms with Gasteiger partial charge in [-0.1, -0.05) is 12.1 Å². The van der Waals surface area contributed by atoms with E-state index in [1.54, 1.807) is 13.2 Å². The largest absolute Gasteiger partial charge is 0.384 e. The zero-order chi connectivity index (χ0) is 15.4. The minimum atomic E-state index is -0.159. The van der Waals surface area contributed by atoms with Gasteiger partial charge in [0.15, 0.2) is 0 Å². The van der Waals surface area contributed by atoms with Crippen LogP contribution in [0.4, 0.5) is 15.2 Å². The first kappa shape index (κ1) is 15.2. The number of para-hydroxylation sites is 1. The highest BCUT2D eigenvalue weighted by molar-refractivity contribution is 7.09. The van der Waals surface area contributed by atoms with Gasteiger partial charge >= 0.3 is 0 Å². The van der Waals surface area contributed by atoms with Gasteiger partial charge in [-0.15, -0.1) is 0 Å². The van der Waals surface area contributed by atoms with Crippen molar-refractivity contribution in [1.82, 2.24) is 9.36 Å². The lowest BCUT2D eigenvalue weighted by Crippen LogP contribution is -2.46. The number of benzene rings is 1. The van der Waals surface area contributed by atoms with Gasteiger partial charge in [-0.2, -0.15) is 4.37 Å². The summed E-state index contributed by atoms with van der Waals surface area (Å²) in [7, 11) is 1.68. The molecule has 0 radical (unpaired) electrons. The molecule has 1 aliphatic rings. The first-order valence-electron chi connectivity index (χ1n) is 7.34. The molecule has 118 valence electrons. The normalized spacial score (nSPS) is 15.4. The summed E-state index contributed by atoms with van der Waals surface area (Å²) in [5, 5.41) is 0.944. The van der Waals surface area contributed by atoms with Gasteiger partial charge in [0.05, 0.1) is 12.3 Å². The molecule has 22 heavy (non-hydrogen) atoms. The average Bonchev–Trinajstić information content (AvgIpc) is 3.02. The Morgan fingerprint density at radius 1 is 1.18 bits per heavy atom. The molecule has 0 bridgehead atoms. The lowest BCUT2D eigenvalue weighted by atomic mass is 10.2. The predicted molar refractivity (Wildman–Crippen MR) is 86.3 cm³/mol. The average molecular weight is 322 g/mol. The van der Waals surface area contributed by atoms with Gasteiger partial charge in [0, 0.05) is 51.2 Å². The molecule has 3 rings (SSSR count). The Morgan fingerprint density at radius 2 is 1.91 bits per heavy atom. The number of hydrogen-bond acceptors (Lipinski definition) is 6. The minimum absolute atomic E-state index is 0.159. The van der Waals surface area contributed by atoms with E-state index in [2.05, 4.69) is 19.2 Å². The van der Waals surface area contributed by atoms with Gasteiger partial charge in [-0.3, -0.25) is 0 Å². The van der Waals surface area contributed by atoms with Crippen molar-refractivity contribution in [3.05, 3.63) is 35.9 Å². The molecule has 0 spiro atoms.